The Morgan fingerprint density at radius 1 is 1.33 bits per heavy atom. The maximum Gasteiger partial charge on any atom is 0.0587 e. The molecule has 0 atom stereocenters. The Morgan fingerprint density at radius 2 is 2.06 bits per heavy atom. The SMILES string of the molecule is COCCNCc1ccc(Cl)cc1SC(C)(C)C. The molecule has 0 fully saturated rings. The van der Waals surface area contributed by atoms with Gasteiger partial charge in [0, 0.05) is 34.9 Å². The first-order valence-electron chi connectivity index (χ1n) is 6.09. The second-order valence-electron chi connectivity index (χ2n) is 5.14. The lowest BCUT2D eigenvalue weighted by Gasteiger charge is -2.20. The Kier molecular flexibility index (Phi) is 6.50. The summed E-state index contributed by atoms with van der Waals surface area (Å²) in [6.07, 6.45) is 0. The number of rotatable bonds is 6. The van der Waals surface area contributed by atoms with Crippen LogP contribution in [0.3, 0.4) is 0 Å². The van der Waals surface area contributed by atoms with E-state index in [1.165, 1.54) is 10.5 Å². The third-order valence-electron chi connectivity index (χ3n) is 2.24. The van der Waals surface area contributed by atoms with Crippen LogP contribution in [0.1, 0.15) is 26.3 Å². The Bertz CT molecular complexity index is 377. The van der Waals surface area contributed by atoms with E-state index < -0.39 is 0 Å². The maximum absolute atomic E-state index is 6.08. The molecule has 18 heavy (non-hydrogen) atoms. The van der Waals surface area contributed by atoms with E-state index in [0.717, 1.165) is 24.7 Å². The van der Waals surface area contributed by atoms with E-state index >= 15 is 0 Å². The number of hydrogen-bond acceptors (Lipinski definition) is 3. The first-order valence-corrected chi connectivity index (χ1v) is 7.29. The van der Waals surface area contributed by atoms with Gasteiger partial charge in [-0.2, -0.15) is 0 Å². The van der Waals surface area contributed by atoms with E-state index in [-0.39, 0.29) is 4.75 Å². The van der Waals surface area contributed by atoms with Gasteiger partial charge in [-0.25, -0.2) is 0 Å². The molecule has 2 nitrogen and oxygen atoms in total. The molecule has 1 rings (SSSR count). The minimum absolute atomic E-state index is 0.186. The minimum atomic E-state index is 0.186. The number of nitrogens with one attached hydrogen (secondary N) is 1. The van der Waals surface area contributed by atoms with Crippen LogP contribution in [0.15, 0.2) is 23.1 Å². The molecule has 0 aromatic heterocycles. The summed E-state index contributed by atoms with van der Waals surface area (Å²) in [6.45, 7) is 9.06. The summed E-state index contributed by atoms with van der Waals surface area (Å²) in [5.74, 6) is 0. The average Bonchev–Trinajstić information content (AvgIpc) is 2.24. The van der Waals surface area contributed by atoms with Gasteiger partial charge in [-0.1, -0.05) is 38.4 Å². The highest BCUT2D eigenvalue weighted by atomic mass is 35.5. The predicted octanol–water partition coefficient (Wildman–Crippen LogP) is 3.97. The minimum Gasteiger partial charge on any atom is -0.383 e. The molecule has 0 saturated carbocycles. The van der Waals surface area contributed by atoms with Crippen LogP contribution in [-0.2, 0) is 11.3 Å². The molecule has 1 aromatic rings. The van der Waals surface area contributed by atoms with Gasteiger partial charge in [0.25, 0.3) is 0 Å². The van der Waals surface area contributed by atoms with E-state index in [0.29, 0.717) is 0 Å². The monoisotopic (exact) mass is 287 g/mol. The average molecular weight is 288 g/mol. The van der Waals surface area contributed by atoms with E-state index in [4.69, 9.17) is 16.3 Å². The number of hydrogen-bond donors (Lipinski definition) is 1. The number of methoxy groups -OCH3 is 1. The van der Waals surface area contributed by atoms with Gasteiger partial charge in [-0.05, 0) is 17.7 Å². The van der Waals surface area contributed by atoms with Gasteiger partial charge in [0.2, 0.25) is 0 Å². The zero-order valence-corrected chi connectivity index (χ0v) is 13.1. The topological polar surface area (TPSA) is 21.3 Å². The lowest BCUT2D eigenvalue weighted by atomic mass is 10.2. The summed E-state index contributed by atoms with van der Waals surface area (Å²) in [7, 11) is 1.71. The largest absolute Gasteiger partial charge is 0.383 e. The second-order valence-corrected chi connectivity index (χ2v) is 7.44. The Balaban J connectivity index is 2.70. The van der Waals surface area contributed by atoms with E-state index in [2.05, 4.69) is 32.2 Å². The molecule has 0 heterocycles. The molecular weight excluding hydrogens is 266 g/mol. The number of halogens is 1. The zero-order valence-electron chi connectivity index (χ0n) is 11.5. The third kappa shape index (κ3) is 6.10. The summed E-state index contributed by atoms with van der Waals surface area (Å²) in [5, 5.41) is 4.16. The second kappa shape index (κ2) is 7.39. The molecule has 0 saturated heterocycles. The molecule has 0 aliphatic carbocycles. The van der Waals surface area contributed by atoms with Crippen molar-refractivity contribution < 1.29 is 4.74 Å². The van der Waals surface area contributed by atoms with Crippen molar-refractivity contribution in [1.82, 2.24) is 5.32 Å². The molecule has 1 N–H and O–H groups in total. The van der Waals surface area contributed by atoms with Gasteiger partial charge in [-0.15, -0.1) is 11.8 Å². The van der Waals surface area contributed by atoms with E-state index in [1.54, 1.807) is 7.11 Å². The van der Waals surface area contributed by atoms with E-state index in [9.17, 15) is 0 Å². The Morgan fingerprint density at radius 3 is 2.67 bits per heavy atom. The number of thioether (sulfide) groups is 1. The molecule has 1 aromatic carbocycles. The fourth-order valence-corrected chi connectivity index (χ4v) is 2.85. The summed E-state index contributed by atoms with van der Waals surface area (Å²) in [5.41, 5.74) is 1.29. The van der Waals surface area contributed by atoms with Crippen molar-refractivity contribution in [3.63, 3.8) is 0 Å². The highest BCUT2D eigenvalue weighted by molar-refractivity contribution is 8.00. The van der Waals surface area contributed by atoms with Crippen LogP contribution in [0.5, 0.6) is 0 Å². The lowest BCUT2D eigenvalue weighted by molar-refractivity contribution is 0.199. The summed E-state index contributed by atoms with van der Waals surface area (Å²) >= 11 is 7.93. The van der Waals surface area contributed by atoms with Crippen LogP contribution >= 0.6 is 23.4 Å². The highest BCUT2D eigenvalue weighted by Gasteiger charge is 2.15. The summed E-state index contributed by atoms with van der Waals surface area (Å²) < 4.78 is 5.21. The molecule has 0 aliphatic rings. The Hall–Kier alpha value is -0.220. The zero-order chi connectivity index (χ0) is 13.6. The molecule has 0 radical (unpaired) electrons. The normalized spacial score (nSPS) is 11.8. The van der Waals surface area contributed by atoms with Gasteiger partial charge in [0.1, 0.15) is 0 Å². The van der Waals surface area contributed by atoms with Crippen molar-refractivity contribution in [2.75, 3.05) is 20.3 Å². The summed E-state index contributed by atoms with van der Waals surface area (Å²) in [4.78, 5) is 1.25. The van der Waals surface area contributed by atoms with Crippen LogP contribution < -0.4 is 5.32 Å². The van der Waals surface area contributed by atoms with Gasteiger partial charge < -0.3 is 10.1 Å². The van der Waals surface area contributed by atoms with Gasteiger partial charge in [0.05, 0.1) is 6.61 Å². The van der Waals surface area contributed by atoms with Crippen LogP contribution in [-0.4, -0.2) is 25.0 Å². The standard InChI is InChI=1S/C14H22ClNOS/c1-14(2,3)18-13-9-12(15)6-5-11(13)10-16-7-8-17-4/h5-6,9,16H,7-8,10H2,1-4H3. The third-order valence-corrected chi connectivity index (χ3v) is 3.69. The van der Waals surface area contributed by atoms with Crippen molar-refractivity contribution in [2.24, 2.45) is 0 Å². The fraction of sp³-hybridized carbons (Fsp3) is 0.571. The summed E-state index contributed by atoms with van der Waals surface area (Å²) in [6, 6.07) is 6.09. The van der Waals surface area contributed by atoms with Crippen molar-refractivity contribution in [3.05, 3.63) is 28.8 Å². The van der Waals surface area contributed by atoms with Crippen molar-refractivity contribution in [2.45, 2.75) is 37.0 Å². The van der Waals surface area contributed by atoms with Gasteiger partial charge in [0.15, 0.2) is 0 Å². The predicted molar refractivity (Wildman–Crippen MR) is 80.6 cm³/mol. The molecule has 0 aliphatic heterocycles. The molecule has 0 unspecified atom stereocenters. The first kappa shape index (κ1) is 15.8. The fourth-order valence-electron chi connectivity index (χ4n) is 1.50. The van der Waals surface area contributed by atoms with Gasteiger partial charge in [-0.3, -0.25) is 0 Å². The van der Waals surface area contributed by atoms with Gasteiger partial charge >= 0.3 is 0 Å². The molecule has 0 amide bonds. The van der Waals surface area contributed by atoms with Crippen LogP contribution in [0.25, 0.3) is 0 Å². The molecule has 4 heteroatoms. The van der Waals surface area contributed by atoms with Crippen LogP contribution in [0, 0.1) is 0 Å². The van der Waals surface area contributed by atoms with Crippen LogP contribution in [0.2, 0.25) is 5.02 Å². The van der Waals surface area contributed by atoms with Crippen LogP contribution in [0.4, 0.5) is 0 Å². The van der Waals surface area contributed by atoms with Crippen molar-refractivity contribution >= 4 is 23.4 Å². The maximum atomic E-state index is 6.08. The number of ether oxygens (including phenoxy) is 1. The smallest absolute Gasteiger partial charge is 0.0587 e. The van der Waals surface area contributed by atoms with E-state index in [1.807, 2.05) is 23.9 Å². The molecule has 0 bridgehead atoms. The lowest BCUT2D eigenvalue weighted by Crippen LogP contribution is -2.19. The molecule has 102 valence electrons. The highest BCUT2D eigenvalue weighted by Crippen LogP contribution is 2.35. The first-order chi connectivity index (χ1) is 8.42. The van der Waals surface area contributed by atoms with Crippen molar-refractivity contribution in [1.29, 1.82) is 0 Å². The number of benzene rings is 1. The molecule has 0 spiro atoms. The molecular formula is C14H22ClNOS. The quantitative estimate of drug-likeness (QED) is 0.632. The van der Waals surface area contributed by atoms with Crippen molar-refractivity contribution in [3.8, 4) is 0 Å². The Labute approximate surface area is 119 Å².